The Kier molecular flexibility index (Phi) is 4.29. The highest BCUT2D eigenvalue weighted by molar-refractivity contribution is 6.13. The van der Waals surface area contributed by atoms with E-state index in [-0.39, 0.29) is 5.78 Å². The molecule has 0 heterocycles. The Labute approximate surface area is 116 Å². The maximum absolute atomic E-state index is 12.4. The first-order chi connectivity index (χ1) is 9.72. The van der Waals surface area contributed by atoms with Crippen LogP contribution in [0.25, 0.3) is 0 Å². The standard InChI is InChI=1S/C16H13NO3/c1-2-20-16(19)17-14-11-7-6-10-13(14)15(18)12-8-4-3-5-9-12/h2-11H,1H2,(H,17,19). The molecule has 0 saturated carbocycles. The lowest BCUT2D eigenvalue weighted by Crippen LogP contribution is -2.14. The number of ether oxygens (including phenoxy) is 1. The first-order valence-electron chi connectivity index (χ1n) is 5.99. The lowest BCUT2D eigenvalue weighted by molar-refractivity contribution is 0.103. The normalized spacial score (nSPS) is 9.60. The van der Waals surface area contributed by atoms with Crippen LogP contribution in [0.15, 0.2) is 67.4 Å². The first-order valence-corrected chi connectivity index (χ1v) is 5.99. The summed E-state index contributed by atoms with van der Waals surface area (Å²) in [6.07, 6.45) is 0.338. The summed E-state index contributed by atoms with van der Waals surface area (Å²) in [6.45, 7) is 3.30. The summed E-state index contributed by atoms with van der Waals surface area (Å²) in [5.41, 5.74) is 1.35. The third-order valence-corrected chi connectivity index (χ3v) is 2.63. The summed E-state index contributed by atoms with van der Waals surface area (Å²) >= 11 is 0. The fourth-order valence-electron chi connectivity index (χ4n) is 1.75. The van der Waals surface area contributed by atoms with Crippen molar-refractivity contribution in [1.29, 1.82) is 0 Å². The second-order valence-corrected chi connectivity index (χ2v) is 3.94. The van der Waals surface area contributed by atoms with Gasteiger partial charge in [0.2, 0.25) is 0 Å². The van der Waals surface area contributed by atoms with Crippen molar-refractivity contribution in [3.63, 3.8) is 0 Å². The number of para-hydroxylation sites is 1. The van der Waals surface area contributed by atoms with Gasteiger partial charge in [0, 0.05) is 11.1 Å². The van der Waals surface area contributed by atoms with Crippen LogP contribution < -0.4 is 5.32 Å². The smallest absolute Gasteiger partial charge is 0.416 e. The van der Waals surface area contributed by atoms with Gasteiger partial charge in [0.1, 0.15) is 0 Å². The van der Waals surface area contributed by atoms with E-state index in [0.29, 0.717) is 16.8 Å². The van der Waals surface area contributed by atoms with Crippen LogP contribution in [0, 0.1) is 0 Å². The largest absolute Gasteiger partial charge is 0.419 e. The van der Waals surface area contributed by atoms with Crippen molar-refractivity contribution in [2.45, 2.75) is 0 Å². The van der Waals surface area contributed by atoms with Crippen molar-refractivity contribution in [3.05, 3.63) is 78.6 Å². The van der Waals surface area contributed by atoms with Crippen LogP contribution in [0.1, 0.15) is 15.9 Å². The van der Waals surface area contributed by atoms with E-state index < -0.39 is 6.09 Å². The van der Waals surface area contributed by atoms with E-state index >= 15 is 0 Å². The highest BCUT2D eigenvalue weighted by atomic mass is 16.5. The van der Waals surface area contributed by atoms with E-state index in [1.165, 1.54) is 0 Å². The van der Waals surface area contributed by atoms with E-state index in [2.05, 4.69) is 16.6 Å². The molecule has 2 rings (SSSR count). The first kappa shape index (κ1) is 13.5. The minimum atomic E-state index is -0.687. The Morgan fingerprint density at radius 3 is 2.35 bits per heavy atom. The number of carbonyl (C=O) groups excluding carboxylic acids is 2. The fourth-order valence-corrected chi connectivity index (χ4v) is 1.75. The van der Waals surface area contributed by atoms with Gasteiger partial charge < -0.3 is 4.74 Å². The molecule has 1 amide bonds. The molecule has 0 unspecified atom stereocenters. The zero-order chi connectivity index (χ0) is 14.4. The fraction of sp³-hybridized carbons (Fsp3) is 0. The molecule has 0 atom stereocenters. The van der Waals surface area contributed by atoms with Gasteiger partial charge in [-0.3, -0.25) is 10.1 Å². The molecule has 2 aromatic carbocycles. The molecule has 0 aliphatic rings. The number of hydrogen-bond acceptors (Lipinski definition) is 3. The van der Waals surface area contributed by atoms with Crippen molar-refractivity contribution in [2.24, 2.45) is 0 Å². The predicted molar refractivity (Wildman–Crippen MR) is 76.6 cm³/mol. The molecule has 0 aliphatic carbocycles. The molecule has 4 nitrogen and oxygen atoms in total. The number of ketones is 1. The van der Waals surface area contributed by atoms with Crippen molar-refractivity contribution in [2.75, 3.05) is 5.32 Å². The molecule has 1 N–H and O–H groups in total. The third-order valence-electron chi connectivity index (χ3n) is 2.63. The average molecular weight is 267 g/mol. The molecule has 100 valence electrons. The van der Waals surface area contributed by atoms with Crippen LogP contribution in [0.3, 0.4) is 0 Å². The molecular weight excluding hydrogens is 254 g/mol. The van der Waals surface area contributed by atoms with Crippen LogP contribution in [0.2, 0.25) is 0 Å². The minimum Gasteiger partial charge on any atom is -0.419 e. The van der Waals surface area contributed by atoms with Crippen LogP contribution in [0.5, 0.6) is 0 Å². The van der Waals surface area contributed by atoms with Gasteiger partial charge >= 0.3 is 6.09 Å². The van der Waals surface area contributed by atoms with E-state index in [4.69, 9.17) is 0 Å². The summed E-state index contributed by atoms with van der Waals surface area (Å²) in [4.78, 5) is 23.8. The molecule has 0 saturated heterocycles. The molecule has 2 aromatic rings. The maximum atomic E-state index is 12.4. The summed E-state index contributed by atoms with van der Waals surface area (Å²) in [5.74, 6) is -0.167. The molecule has 0 radical (unpaired) electrons. The second kappa shape index (κ2) is 6.33. The second-order valence-electron chi connectivity index (χ2n) is 3.94. The Balaban J connectivity index is 2.30. The van der Waals surface area contributed by atoms with E-state index in [9.17, 15) is 9.59 Å². The third kappa shape index (κ3) is 3.11. The van der Waals surface area contributed by atoms with Crippen molar-refractivity contribution < 1.29 is 14.3 Å². The van der Waals surface area contributed by atoms with Gasteiger partial charge in [0.15, 0.2) is 5.78 Å². The van der Waals surface area contributed by atoms with Gasteiger partial charge in [-0.2, -0.15) is 0 Å². The number of benzene rings is 2. The summed E-state index contributed by atoms with van der Waals surface area (Å²) < 4.78 is 4.59. The van der Waals surface area contributed by atoms with Gasteiger partial charge in [-0.05, 0) is 12.1 Å². The zero-order valence-electron chi connectivity index (χ0n) is 10.7. The lowest BCUT2D eigenvalue weighted by atomic mass is 10.0. The monoisotopic (exact) mass is 267 g/mol. The topological polar surface area (TPSA) is 55.4 Å². The predicted octanol–water partition coefficient (Wildman–Crippen LogP) is 3.61. The zero-order valence-corrected chi connectivity index (χ0v) is 10.7. The molecular formula is C16H13NO3. The van der Waals surface area contributed by atoms with Crippen molar-refractivity contribution >= 4 is 17.6 Å². The van der Waals surface area contributed by atoms with Crippen LogP contribution >= 0.6 is 0 Å². The number of nitrogens with one attached hydrogen (secondary N) is 1. The van der Waals surface area contributed by atoms with Crippen molar-refractivity contribution in [1.82, 2.24) is 0 Å². The Hall–Kier alpha value is -2.88. The quantitative estimate of drug-likeness (QED) is 0.680. The van der Waals surface area contributed by atoms with E-state index in [1.54, 1.807) is 48.5 Å². The molecule has 4 heteroatoms. The number of rotatable bonds is 4. The van der Waals surface area contributed by atoms with Gasteiger partial charge in [-0.15, -0.1) is 0 Å². The highest BCUT2D eigenvalue weighted by Crippen LogP contribution is 2.19. The van der Waals surface area contributed by atoms with Gasteiger partial charge in [-0.25, -0.2) is 4.79 Å². The van der Waals surface area contributed by atoms with Crippen LogP contribution in [0.4, 0.5) is 10.5 Å². The summed E-state index contributed by atoms with van der Waals surface area (Å²) in [7, 11) is 0. The van der Waals surface area contributed by atoms with E-state index in [1.807, 2.05) is 6.07 Å². The maximum Gasteiger partial charge on any atom is 0.416 e. The number of carbonyl (C=O) groups is 2. The number of hydrogen-bond donors (Lipinski definition) is 1. The lowest BCUT2D eigenvalue weighted by Gasteiger charge is -2.09. The molecule has 0 aromatic heterocycles. The number of anilines is 1. The summed E-state index contributed by atoms with van der Waals surface area (Å²) in [6, 6.07) is 15.6. The molecule has 0 fully saturated rings. The molecule has 0 bridgehead atoms. The van der Waals surface area contributed by atoms with Crippen LogP contribution in [-0.4, -0.2) is 11.9 Å². The van der Waals surface area contributed by atoms with Crippen molar-refractivity contribution in [3.8, 4) is 0 Å². The Bertz CT molecular complexity index is 635. The highest BCUT2D eigenvalue weighted by Gasteiger charge is 2.14. The minimum absolute atomic E-state index is 0.167. The molecule has 0 aliphatic heterocycles. The summed E-state index contributed by atoms with van der Waals surface area (Å²) in [5, 5.41) is 2.51. The van der Waals surface area contributed by atoms with Gasteiger partial charge in [0.25, 0.3) is 0 Å². The van der Waals surface area contributed by atoms with Gasteiger partial charge in [-0.1, -0.05) is 49.0 Å². The molecule has 20 heavy (non-hydrogen) atoms. The van der Waals surface area contributed by atoms with Crippen LogP contribution in [-0.2, 0) is 4.74 Å². The Morgan fingerprint density at radius 1 is 1.00 bits per heavy atom. The number of amides is 1. The SMILES string of the molecule is C=COC(=O)Nc1ccccc1C(=O)c1ccccc1. The molecule has 0 spiro atoms. The van der Waals surface area contributed by atoms with E-state index in [0.717, 1.165) is 6.26 Å². The Morgan fingerprint density at radius 2 is 1.65 bits per heavy atom. The van der Waals surface area contributed by atoms with Gasteiger partial charge in [0.05, 0.1) is 11.9 Å². The average Bonchev–Trinajstić information content (AvgIpc) is 2.48.